The number of Topliss-reactive ketones (excluding diaryl/α,β-unsaturated/α-hetero) is 1. The van der Waals surface area contributed by atoms with Crippen LogP contribution in [-0.4, -0.2) is 25.6 Å². The highest BCUT2D eigenvalue weighted by Gasteiger charge is 2.33. The Labute approximate surface area is 102 Å². The molecule has 1 aromatic carbocycles. The van der Waals surface area contributed by atoms with Gasteiger partial charge in [0.05, 0.1) is 19.1 Å². The third-order valence-electron chi connectivity index (χ3n) is 3.30. The van der Waals surface area contributed by atoms with Crippen molar-refractivity contribution in [3.63, 3.8) is 0 Å². The smallest absolute Gasteiger partial charge is 0.168 e. The Morgan fingerprint density at radius 1 is 1.53 bits per heavy atom. The molecule has 0 saturated carbocycles. The van der Waals surface area contributed by atoms with Crippen LogP contribution in [0, 0.1) is 5.92 Å². The molecular formula is C14H18O3. The van der Waals surface area contributed by atoms with Gasteiger partial charge in [-0.05, 0) is 25.0 Å². The first-order valence-electron chi connectivity index (χ1n) is 6.06. The highest BCUT2D eigenvalue weighted by molar-refractivity contribution is 5.98. The fourth-order valence-corrected chi connectivity index (χ4v) is 2.34. The van der Waals surface area contributed by atoms with Gasteiger partial charge in [-0.15, -0.1) is 0 Å². The summed E-state index contributed by atoms with van der Waals surface area (Å²) in [6.45, 7) is 2.75. The van der Waals surface area contributed by atoms with E-state index in [1.165, 1.54) is 0 Å². The van der Waals surface area contributed by atoms with Crippen LogP contribution in [0.25, 0.3) is 0 Å². The zero-order chi connectivity index (χ0) is 12.3. The minimum atomic E-state index is 0.00658. The van der Waals surface area contributed by atoms with Gasteiger partial charge in [-0.1, -0.05) is 19.1 Å². The molecule has 0 spiro atoms. The molecule has 1 aliphatic heterocycles. The molecule has 2 atom stereocenters. The molecule has 0 aromatic heterocycles. The highest BCUT2D eigenvalue weighted by Crippen LogP contribution is 2.27. The van der Waals surface area contributed by atoms with Crippen molar-refractivity contribution in [3.8, 4) is 5.75 Å². The standard InChI is InChI=1S/C14H18O3/c1-3-13-12(7-8-17-13)14(15)10-5-4-6-11(9-10)16-2/h4-6,9,12-13H,3,7-8H2,1-2H3. The minimum Gasteiger partial charge on any atom is -0.497 e. The lowest BCUT2D eigenvalue weighted by Crippen LogP contribution is -2.23. The number of ether oxygens (including phenoxy) is 2. The molecule has 0 bridgehead atoms. The van der Waals surface area contributed by atoms with E-state index < -0.39 is 0 Å². The maximum absolute atomic E-state index is 12.3. The van der Waals surface area contributed by atoms with Crippen molar-refractivity contribution < 1.29 is 14.3 Å². The average molecular weight is 234 g/mol. The summed E-state index contributed by atoms with van der Waals surface area (Å²) < 4.78 is 10.7. The first-order valence-corrected chi connectivity index (χ1v) is 6.06. The summed E-state index contributed by atoms with van der Waals surface area (Å²) in [5.41, 5.74) is 0.721. The monoisotopic (exact) mass is 234 g/mol. The maximum atomic E-state index is 12.3. The number of benzene rings is 1. The van der Waals surface area contributed by atoms with Gasteiger partial charge in [0.15, 0.2) is 5.78 Å². The van der Waals surface area contributed by atoms with Crippen molar-refractivity contribution in [2.75, 3.05) is 13.7 Å². The Kier molecular flexibility index (Phi) is 3.79. The number of carbonyl (C=O) groups is 1. The van der Waals surface area contributed by atoms with Crippen molar-refractivity contribution in [2.45, 2.75) is 25.9 Å². The number of methoxy groups -OCH3 is 1. The molecule has 1 saturated heterocycles. The SMILES string of the molecule is CCC1OCCC1C(=O)c1cccc(OC)c1. The Morgan fingerprint density at radius 2 is 2.35 bits per heavy atom. The van der Waals surface area contributed by atoms with Crippen LogP contribution in [0.1, 0.15) is 30.1 Å². The predicted molar refractivity (Wildman–Crippen MR) is 65.5 cm³/mol. The molecule has 92 valence electrons. The number of carbonyl (C=O) groups excluding carboxylic acids is 1. The van der Waals surface area contributed by atoms with E-state index in [4.69, 9.17) is 9.47 Å². The van der Waals surface area contributed by atoms with Crippen LogP contribution in [0.2, 0.25) is 0 Å². The molecule has 0 N–H and O–H groups in total. The van der Waals surface area contributed by atoms with Crippen LogP contribution < -0.4 is 4.74 Å². The van der Waals surface area contributed by atoms with Crippen molar-refractivity contribution >= 4 is 5.78 Å². The second kappa shape index (κ2) is 5.32. The second-order valence-electron chi connectivity index (χ2n) is 4.31. The molecule has 3 heteroatoms. The van der Waals surface area contributed by atoms with E-state index in [9.17, 15) is 4.79 Å². The zero-order valence-electron chi connectivity index (χ0n) is 10.3. The maximum Gasteiger partial charge on any atom is 0.168 e. The number of hydrogen-bond donors (Lipinski definition) is 0. The van der Waals surface area contributed by atoms with E-state index in [1.54, 1.807) is 13.2 Å². The van der Waals surface area contributed by atoms with Crippen LogP contribution in [-0.2, 0) is 4.74 Å². The molecule has 2 unspecified atom stereocenters. The van der Waals surface area contributed by atoms with Crippen LogP contribution in [0.4, 0.5) is 0 Å². The molecule has 0 radical (unpaired) electrons. The van der Waals surface area contributed by atoms with Gasteiger partial charge in [-0.25, -0.2) is 0 Å². The first kappa shape index (κ1) is 12.1. The molecule has 1 aromatic rings. The molecular weight excluding hydrogens is 216 g/mol. The van der Waals surface area contributed by atoms with Crippen molar-refractivity contribution in [1.82, 2.24) is 0 Å². The van der Waals surface area contributed by atoms with Crippen LogP contribution >= 0.6 is 0 Å². The summed E-state index contributed by atoms with van der Waals surface area (Å²) in [5, 5.41) is 0. The summed E-state index contributed by atoms with van der Waals surface area (Å²) in [6, 6.07) is 7.34. The van der Waals surface area contributed by atoms with E-state index in [0.29, 0.717) is 6.61 Å². The van der Waals surface area contributed by atoms with Gasteiger partial charge in [0, 0.05) is 12.2 Å². The minimum absolute atomic E-state index is 0.00658. The summed E-state index contributed by atoms with van der Waals surface area (Å²) in [5.74, 6) is 0.906. The lowest BCUT2D eigenvalue weighted by molar-refractivity contribution is 0.0689. The van der Waals surface area contributed by atoms with Gasteiger partial charge in [-0.2, -0.15) is 0 Å². The molecule has 1 heterocycles. The van der Waals surface area contributed by atoms with Gasteiger partial charge in [0.1, 0.15) is 5.75 Å². The number of hydrogen-bond acceptors (Lipinski definition) is 3. The van der Waals surface area contributed by atoms with Gasteiger partial charge in [-0.3, -0.25) is 4.79 Å². The first-order chi connectivity index (χ1) is 8.26. The van der Waals surface area contributed by atoms with E-state index >= 15 is 0 Å². The quantitative estimate of drug-likeness (QED) is 0.751. The Hall–Kier alpha value is -1.35. The fraction of sp³-hybridized carbons (Fsp3) is 0.500. The van der Waals surface area contributed by atoms with E-state index in [0.717, 1.165) is 24.2 Å². The molecule has 3 nitrogen and oxygen atoms in total. The van der Waals surface area contributed by atoms with E-state index in [2.05, 4.69) is 6.92 Å². The predicted octanol–water partition coefficient (Wildman–Crippen LogP) is 2.69. The molecule has 2 rings (SSSR count). The molecule has 0 aliphatic carbocycles. The van der Waals surface area contributed by atoms with Gasteiger partial charge >= 0.3 is 0 Å². The Balaban J connectivity index is 2.18. The normalized spacial score (nSPS) is 23.6. The molecule has 1 aliphatic rings. The topological polar surface area (TPSA) is 35.5 Å². The Morgan fingerprint density at radius 3 is 3.06 bits per heavy atom. The van der Waals surface area contributed by atoms with Gasteiger partial charge in [0.25, 0.3) is 0 Å². The third kappa shape index (κ3) is 2.50. The molecule has 17 heavy (non-hydrogen) atoms. The average Bonchev–Trinajstić information content (AvgIpc) is 2.86. The van der Waals surface area contributed by atoms with Gasteiger partial charge < -0.3 is 9.47 Å². The number of ketones is 1. The van der Waals surface area contributed by atoms with Crippen LogP contribution in [0.5, 0.6) is 5.75 Å². The van der Waals surface area contributed by atoms with Crippen molar-refractivity contribution in [1.29, 1.82) is 0 Å². The lowest BCUT2D eigenvalue weighted by atomic mass is 9.90. The van der Waals surface area contributed by atoms with Crippen LogP contribution in [0.3, 0.4) is 0 Å². The fourth-order valence-electron chi connectivity index (χ4n) is 2.34. The lowest BCUT2D eigenvalue weighted by Gasteiger charge is -2.15. The summed E-state index contributed by atoms with van der Waals surface area (Å²) in [6.07, 6.45) is 1.79. The summed E-state index contributed by atoms with van der Waals surface area (Å²) in [4.78, 5) is 12.3. The molecule has 1 fully saturated rings. The zero-order valence-corrected chi connectivity index (χ0v) is 10.3. The Bertz CT molecular complexity index is 400. The number of rotatable bonds is 4. The molecule has 0 amide bonds. The van der Waals surface area contributed by atoms with Gasteiger partial charge in [0.2, 0.25) is 0 Å². The van der Waals surface area contributed by atoms with E-state index in [-0.39, 0.29) is 17.8 Å². The van der Waals surface area contributed by atoms with Crippen molar-refractivity contribution in [2.24, 2.45) is 5.92 Å². The third-order valence-corrected chi connectivity index (χ3v) is 3.30. The highest BCUT2D eigenvalue weighted by atomic mass is 16.5. The largest absolute Gasteiger partial charge is 0.497 e. The summed E-state index contributed by atoms with van der Waals surface area (Å²) >= 11 is 0. The van der Waals surface area contributed by atoms with Crippen LogP contribution in [0.15, 0.2) is 24.3 Å². The van der Waals surface area contributed by atoms with Crippen molar-refractivity contribution in [3.05, 3.63) is 29.8 Å². The van der Waals surface area contributed by atoms with E-state index in [1.807, 2.05) is 18.2 Å². The second-order valence-corrected chi connectivity index (χ2v) is 4.31. The summed E-state index contributed by atoms with van der Waals surface area (Å²) in [7, 11) is 1.61.